The summed E-state index contributed by atoms with van der Waals surface area (Å²) in [6.45, 7) is 0. The zero-order valence-corrected chi connectivity index (χ0v) is 6.11. The van der Waals surface area contributed by atoms with Crippen molar-refractivity contribution < 1.29 is 0 Å². The Morgan fingerprint density at radius 2 is 2.00 bits per heavy atom. The lowest BCUT2D eigenvalue weighted by atomic mass is 9.94. The zero-order chi connectivity index (χ0) is 6.32. The molecule has 0 aromatic rings. The maximum atomic E-state index is 3.47. The maximum Gasteiger partial charge on any atom is 0.0181 e. The van der Waals surface area contributed by atoms with E-state index in [-0.39, 0.29) is 0 Å². The molecule has 9 heavy (non-hydrogen) atoms. The van der Waals surface area contributed by atoms with Crippen LogP contribution < -0.4 is 5.32 Å². The van der Waals surface area contributed by atoms with Crippen molar-refractivity contribution in [2.75, 3.05) is 7.05 Å². The summed E-state index contributed by atoms with van der Waals surface area (Å²) in [6, 6.07) is 0. The summed E-state index contributed by atoms with van der Waals surface area (Å²) in [4.78, 5) is 0. The molecule has 0 radical (unpaired) electrons. The highest BCUT2D eigenvalue weighted by Crippen LogP contribution is 2.47. The van der Waals surface area contributed by atoms with Gasteiger partial charge in [0.1, 0.15) is 0 Å². The lowest BCUT2D eigenvalue weighted by Crippen LogP contribution is -2.37. The van der Waals surface area contributed by atoms with Crippen LogP contribution in [-0.2, 0) is 0 Å². The van der Waals surface area contributed by atoms with Crippen LogP contribution in [0.5, 0.6) is 0 Å². The number of rotatable bonds is 1. The summed E-state index contributed by atoms with van der Waals surface area (Å²) in [6.07, 6.45) is 7.31. The molecule has 1 heteroatoms. The fourth-order valence-corrected chi connectivity index (χ4v) is 2.54. The van der Waals surface area contributed by atoms with Crippen LogP contribution in [0.4, 0.5) is 0 Å². The van der Waals surface area contributed by atoms with Crippen LogP contribution in [0.3, 0.4) is 0 Å². The van der Waals surface area contributed by atoms with Gasteiger partial charge < -0.3 is 5.32 Å². The highest BCUT2D eigenvalue weighted by atomic mass is 15.0. The van der Waals surface area contributed by atoms with E-state index in [1.54, 1.807) is 0 Å². The first-order valence-electron chi connectivity index (χ1n) is 4.04. The highest BCUT2D eigenvalue weighted by molar-refractivity contribution is 5.01. The van der Waals surface area contributed by atoms with E-state index < -0.39 is 0 Å². The minimum atomic E-state index is 0.602. The average Bonchev–Trinajstić information content (AvgIpc) is 2.46. The van der Waals surface area contributed by atoms with Gasteiger partial charge in [0, 0.05) is 5.54 Å². The minimum Gasteiger partial charge on any atom is -0.314 e. The van der Waals surface area contributed by atoms with Gasteiger partial charge in [0.15, 0.2) is 0 Å². The number of nitrogens with one attached hydrogen (secondary N) is 1. The van der Waals surface area contributed by atoms with E-state index >= 15 is 0 Å². The SMILES string of the molecule is CNC12CCC(CC1)C2. The van der Waals surface area contributed by atoms with Gasteiger partial charge in [-0.3, -0.25) is 0 Å². The predicted octanol–water partition coefficient (Wildman–Crippen LogP) is 1.54. The van der Waals surface area contributed by atoms with Crippen molar-refractivity contribution in [2.24, 2.45) is 5.92 Å². The Balaban J connectivity index is 2.13. The van der Waals surface area contributed by atoms with Crippen molar-refractivity contribution in [3.63, 3.8) is 0 Å². The minimum absolute atomic E-state index is 0.602. The summed E-state index contributed by atoms with van der Waals surface area (Å²) in [7, 11) is 2.12. The molecule has 0 saturated heterocycles. The quantitative estimate of drug-likeness (QED) is 0.560. The molecule has 0 aromatic heterocycles. The molecule has 0 heterocycles. The van der Waals surface area contributed by atoms with E-state index in [0.717, 1.165) is 5.92 Å². The van der Waals surface area contributed by atoms with Crippen LogP contribution >= 0.6 is 0 Å². The summed E-state index contributed by atoms with van der Waals surface area (Å²) < 4.78 is 0. The van der Waals surface area contributed by atoms with Gasteiger partial charge in [0.2, 0.25) is 0 Å². The normalized spacial score (nSPS) is 48.3. The molecule has 0 unspecified atom stereocenters. The second kappa shape index (κ2) is 1.72. The van der Waals surface area contributed by atoms with Gasteiger partial charge in [0.05, 0.1) is 0 Å². The lowest BCUT2D eigenvalue weighted by molar-refractivity contribution is 0.353. The van der Waals surface area contributed by atoms with Crippen molar-refractivity contribution in [3.8, 4) is 0 Å². The van der Waals surface area contributed by atoms with Crippen molar-refractivity contribution in [1.29, 1.82) is 0 Å². The first kappa shape index (κ1) is 5.72. The monoisotopic (exact) mass is 125 g/mol. The molecule has 2 aliphatic rings. The zero-order valence-electron chi connectivity index (χ0n) is 6.11. The maximum absolute atomic E-state index is 3.47. The Kier molecular flexibility index (Phi) is 1.10. The fourth-order valence-electron chi connectivity index (χ4n) is 2.54. The molecule has 2 fully saturated rings. The van der Waals surface area contributed by atoms with E-state index in [4.69, 9.17) is 0 Å². The first-order chi connectivity index (χ1) is 4.35. The molecule has 2 rings (SSSR count). The van der Waals surface area contributed by atoms with E-state index in [0.29, 0.717) is 5.54 Å². The molecular formula is C8H15N. The topological polar surface area (TPSA) is 12.0 Å². The van der Waals surface area contributed by atoms with Crippen LogP contribution in [0.2, 0.25) is 0 Å². The third-order valence-electron chi connectivity index (χ3n) is 3.27. The molecule has 0 aliphatic heterocycles. The second-order valence-electron chi connectivity index (χ2n) is 3.68. The highest BCUT2D eigenvalue weighted by Gasteiger charge is 2.43. The molecule has 1 N–H and O–H groups in total. The van der Waals surface area contributed by atoms with Crippen LogP contribution in [0.15, 0.2) is 0 Å². The number of hydrogen-bond donors (Lipinski definition) is 1. The Labute approximate surface area is 56.8 Å². The van der Waals surface area contributed by atoms with Gasteiger partial charge in [-0.05, 0) is 45.1 Å². The Morgan fingerprint density at radius 3 is 2.22 bits per heavy atom. The Bertz CT molecular complexity index is 112. The summed E-state index contributed by atoms with van der Waals surface area (Å²) in [5.41, 5.74) is 0.602. The van der Waals surface area contributed by atoms with Gasteiger partial charge in [-0.1, -0.05) is 0 Å². The molecule has 0 atom stereocenters. The summed E-state index contributed by atoms with van der Waals surface area (Å²) in [5.74, 6) is 1.08. The molecule has 52 valence electrons. The van der Waals surface area contributed by atoms with Crippen molar-refractivity contribution in [3.05, 3.63) is 0 Å². The van der Waals surface area contributed by atoms with E-state index in [9.17, 15) is 0 Å². The Morgan fingerprint density at radius 1 is 1.33 bits per heavy atom. The van der Waals surface area contributed by atoms with E-state index in [1.807, 2.05) is 0 Å². The van der Waals surface area contributed by atoms with Crippen LogP contribution in [-0.4, -0.2) is 12.6 Å². The molecule has 2 bridgehead atoms. The largest absolute Gasteiger partial charge is 0.314 e. The molecule has 1 nitrogen and oxygen atoms in total. The summed E-state index contributed by atoms with van der Waals surface area (Å²) >= 11 is 0. The third kappa shape index (κ3) is 0.710. The molecular weight excluding hydrogens is 110 g/mol. The molecule has 2 saturated carbocycles. The van der Waals surface area contributed by atoms with Crippen molar-refractivity contribution >= 4 is 0 Å². The molecule has 0 aromatic carbocycles. The first-order valence-corrected chi connectivity index (χ1v) is 4.04. The third-order valence-corrected chi connectivity index (χ3v) is 3.27. The number of hydrogen-bond acceptors (Lipinski definition) is 1. The standard InChI is InChI=1S/C8H15N/c1-9-8-4-2-7(6-8)3-5-8/h7,9H,2-6H2,1H3. The van der Waals surface area contributed by atoms with Gasteiger partial charge in [-0.2, -0.15) is 0 Å². The fraction of sp³-hybridized carbons (Fsp3) is 1.00. The van der Waals surface area contributed by atoms with E-state index in [1.165, 1.54) is 32.1 Å². The summed E-state index contributed by atoms with van der Waals surface area (Å²) in [5, 5.41) is 3.47. The van der Waals surface area contributed by atoms with Gasteiger partial charge >= 0.3 is 0 Å². The van der Waals surface area contributed by atoms with Gasteiger partial charge in [-0.15, -0.1) is 0 Å². The second-order valence-corrected chi connectivity index (χ2v) is 3.68. The molecule has 2 aliphatic carbocycles. The smallest absolute Gasteiger partial charge is 0.0181 e. The lowest BCUT2D eigenvalue weighted by Gasteiger charge is -2.25. The van der Waals surface area contributed by atoms with Crippen LogP contribution in [0, 0.1) is 5.92 Å². The molecule has 0 amide bonds. The van der Waals surface area contributed by atoms with E-state index in [2.05, 4.69) is 12.4 Å². The van der Waals surface area contributed by atoms with Crippen LogP contribution in [0.25, 0.3) is 0 Å². The predicted molar refractivity (Wildman–Crippen MR) is 38.4 cm³/mol. The number of fused-ring (bicyclic) bond motifs is 2. The van der Waals surface area contributed by atoms with Crippen molar-refractivity contribution in [1.82, 2.24) is 5.32 Å². The van der Waals surface area contributed by atoms with Gasteiger partial charge in [0.25, 0.3) is 0 Å². The average molecular weight is 125 g/mol. The molecule has 0 spiro atoms. The van der Waals surface area contributed by atoms with Gasteiger partial charge in [-0.25, -0.2) is 0 Å². The van der Waals surface area contributed by atoms with Crippen molar-refractivity contribution in [2.45, 2.75) is 37.6 Å². The van der Waals surface area contributed by atoms with Crippen LogP contribution in [0.1, 0.15) is 32.1 Å². The Hall–Kier alpha value is -0.0400.